The quantitative estimate of drug-likeness (QED) is 0.363. The topological polar surface area (TPSA) is 116 Å². The van der Waals surface area contributed by atoms with Crippen molar-refractivity contribution >= 4 is 40.5 Å². The summed E-state index contributed by atoms with van der Waals surface area (Å²) in [4.78, 5) is 50.9. The van der Waals surface area contributed by atoms with Crippen molar-refractivity contribution < 1.29 is 19.5 Å². The molecule has 0 saturated heterocycles. The number of nitrogens with zero attached hydrogens (tertiary/aromatic N) is 4. The van der Waals surface area contributed by atoms with E-state index in [1.807, 2.05) is 42.2 Å². The van der Waals surface area contributed by atoms with Gasteiger partial charge in [-0.2, -0.15) is 0 Å². The molecular weight excluding hydrogens is 526 g/mol. The standard InChI is InChI=1S/C30H27N5O4S/c1-18-19(6-4-9-22(18)32-28(38)24-8-2-3-13-31-24)20-7-5-10-25-21(20)11-15-35(25)30(39)29-33-23-12-14-34(17-27(36)37)16-26(23)40-29/h2-10,13H,11-12,14-17H2,1H3,(H,32,38)(H,36,37). The average molecular weight is 554 g/mol. The Bertz CT molecular complexity index is 1630. The highest BCUT2D eigenvalue weighted by molar-refractivity contribution is 7.13. The van der Waals surface area contributed by atoms with E-state index in [-0.39, 0.29) is 18.4 Å². The molecule has 2 aromatic carbocycles. The van der Waals surface area contributed by atoms with Crippen molar-refractivity contribution in [2.24, 2.45) is 0 Å². The summed E-state index contributed by atoms with van der Waals surface area (Å²) in [6, 6.07) is 17.0. The van der Waals surface area contributed by atoms with E-state index in [9.17, 15) is 14.4 Å². The number of fused-ring (bicyclic) bond motifs is 2. The number of pyridine rings is 1. The number of benzene rings is 2. The van der Waals surface area contributed by atoms with Gasteiger partial charge in [-0.05, 0) is 59.9 Å². The van der Waals surface area contributed by atoms with Crippen LogP contribution in [-0.4, -0.2) is 57.4 Å². The lowest BCUT2D eigenvalue weighted by atomic mass is 9.93. The number of rotatable bonds is 6. The van der Waals surface area contributed by atoms with E-state index in [2.05, 4.69) is 21.4 Å². The summed E-state index contributed by atoms with van der Waals surface area (Å²) >= 11 is 1.36. The number of hydrogen-bond acceptors (Lipinski definition) is 7. The van der Waals surface area contributed by atoms with Crippen LogP contribution in [0.15, 0.2) is 60.8 Å². The molecule has 2 amide bonds. The van der Waals surface area contributed by atoms with Gasteiger partial charge in [-0.15, -0.1) is 11.3 Å². The lowest BCUT2D eigenvalue weighted by molar-refractivity contribution is -0.138. The lowest BCUT2D eigenvalue weighted by Crippen LogP contribution is -2.34. The number of carbonyl (C=O) groups excluding carboxylic acids is 2. The maximum absolute atomic E-state index is 13.6. The number of carboxylic acids is 1. The van der Waals surface area contributed by atoms with Gasteiger partial charge in [0, 0.05) is 48.5 Å². The fraction of sp³-hybridized carbons (Fsp3) is 0.233. The Morgan fingerprint density at radius 2 is 1.82 bits per heavy atom. The number of anilines is 2. The first-order chi connectivity index (χ1) is 19.4. The second kappa shape index (κ2) is 10.6. The first-order valence-corrected chi connectivity index (χ1v) is 13.9. The predicted octanol–water partition coefficient (Wildman–Crippen LogP) is 4.41. The van der Waals surface area contributed by atoms with E-state index >= 15 is 0 Å². The number of aliphatic carboxylic acids is 1. The van der Waals surface area contributed by atoms with Crippen LogP contribution in [-0.2, 0) is 24.2 Å². The fourth-order valence-corrected chi connectivity index (χ4v) is 6.52. The number of hydrogen-bond donors (Lipinski definition) is 2. The fourth-order valence-electron chi connectivity index (χ4n) is 5.43. The normalized spacial score (nSPS) is 14.5. The zero-order valence-electron chi connectivity index (χ0n) is 21.9. The van der Waals surface area contributed by atoms with E-state index in [4.69, 9.17) is 5.11 Å². The zero-order chi connectivity index (χ0) is 27.8. The number of amides is 2. The minimum Gasteiger partial charge on any atom is -0.480 e. The van der Waals surface area contributed by atoms with Crippen LogP contribution in [0, 0.1) is 6.92 Å². The molecule has 0 spiro atoms. The Hall–Kier alpha value is -4.41. The molecule has 0 atom stereocenters. The van der Waals surface area contributed by atoms with Gasteiger partial charge in [0.1, 0.15) is 5.69 Å². The molecular formula is C30H27N5O4S. The van der Waals surface area contributed by atoms with Gasteiger partial charge in [-0.3, -0.25) is 24.3 Å². The van der Waals surface area contributed by atoms with Gasteiger partial charge in [-0.1, -0.05) is 30.3 Å². The summed E-state index contributed by atoms with van der Waals surface area (Å²) in [5.74, 6) is -1.26. The Kier molecular flexibility index (Phi) is 6.87. The molecule has 0 bridgehead atoms. The van der Waals surface area contributed by atoms with Crippen LogP contribution in [0.3, 0.4) is 0 Å². The van der Waals surface area contributed by atoms with Crippen LogP contribution in [0.4, 0.5) is 11.4 Å². The molecule has 2 N–H and O–H groups in total. The summed E-state index contributed by atoms with van der Waals surface area (Å²) in [5, 5.41) is 12.6. The van der Waals surface area contributed by atoms with Crippen LogP contribution in [0.5, 0.6) is 0 Å². The summed E-state index contributed by atoms with van der Waals surface area (Å²) in [5.41, 5.74) is 6.86. The third kappa shape index (κ3) is 4.87. The van der Waals surface area contributed by atoms with Crippen LogP contribution in [0.25, 0.3) is 11.1 Å². The Labute approximate surface area is 235 Å². The smallest absolute Gasteiger partial charge is 0.317 e. The van der Waals surface area contributed by atoms with Crippen molar-refractivity contribution in [1.82, 2.24) is 14.9 Å². The van der Waals surface area contributed by atoms with Crippen molar-refractivity contribution in [2.75, 3.05) is 29.9 Å². The number of carbonyl (C=O) groups is 3. The molecule has 202 valence electrons. The van der Waals surface area contributed by atoms with Crippen molar-refractivity contribution in [3.63, 3.8) is 0 Å². The van der Waals surface area contributed by atoms with Gasteiger partial charge in [0.2, 0.25) is 0 Å². The van der Waals surface area contributed by atoms with Crippen molar-refractivity contribution in [1.29, 1.82) is 0 Å². The third-order valence-corrected chi connectivity index (χ3v) is 8.46. The second-order valence-corrected chi connectivity index (χ2v) is 11.0. The van der Waals surface area contributed by atoms with E-state index in [0.29, 0.717) is 48.9 Å². The highest BCUT2D eigenvalue weighted by atomic mass is 32.1. The minimum absolute atomic E-state index is 0.0175. The van der Waals surface area contributed by atoms with Gasteiger partial charge < -0.3 is 15.3 Å². The molecule has 4 heterocycles. The Balaban J connectivity index is 1.26. The molecule has 0 fully saturated rings. The van der Waals surface area contributed by atoms with Crippen LogP contribution < -0.4 is 10.2 Å². The summed E-state index contributed by atoms with van der Waals surface area (Å²) in [7, 11) is 0. The van der Waals surface area contributed by atoms with E-state index in [1.54, 1.807) is 29.3 Å². The third-order valence-electron chi connectivity index (χ3n) is 7.39. The molecule has 40 heavy (non-hydrogen) atoms. The van der Waals surface area contributed by atoms with Crippen LogP contribution in [0.2, 0.25) is 0 Å². The van der Waals surface area contributed by atoms with Gasteiger partial charge in [-0.25, -0.2) is 4.98 Å². The van der Waals surface area contributed by atoms with Gasteiger partial charge in [0.15, 0.2) is 5.01 Å². The Morgan fingerprint density at radius 1 is 1.00 bits per heavy atom. The highest BCUT2D eigenvalue weighted by Gasteiger charge is 2.31. The maximum Gasteiger partial charge on any atom is 0.317 e. The summed E-state index contributed by atoms with van der Waals surface area (Å²) in [6.07, 6.45) is 2.94. The number of thiazole rings is 1. The molecule has 0 saturated carbocycles. The molecule has 0 unspecified atom stereocenters. The van der Waals surface area contributed by atoms with Crippen LogP contribution >= 0.6 is 11.3 Å². The molecule has 2 aromatic heterocycles. The SMILES string of the molecule is Cc1c(NC(=O)c2ccccn2)cccc1-c1cccc2c1CCN2C(=O)c1nc2c(s1)CN(CC(=O)O)CC2. The van der Waals surface area contributed by atoms with E-state index in [0.717, 1.165) is 38.5 Å². The molecule has 10 heteroatoms. The number of nitrogens with one attached hydrogen (secondary N) is 1. The molecule has 0 aliphatic carbocycles. The average Bonchev–Trinajstić information content (AvgIpc) is 3.58. The second-order valence-electron chi connectivity index (χ2n) is 9.90. The number of aromatic nitrogens is 2. The van der Waals surface area contributed by atoms with Crippen molar-refractivity contribution in [2.45, 2.75) is 26.3 Å². The van der Waals surface area contributed by atoms with Crippen LogP contribution in [0.1, 0.15) is 42.0 Å². The maximum atomic E-state index is 13.6. The zero-order valence-corrected chi connectivity index (χ0v) is 22.7. The van der Waals surface area contributed by atoms with Crippen molar-refractivity contribution in [3.8, 4) is 11.1 Å². The first-order valence-electron chi connectivity index (χ1n) is 13.1. The number of carboxylic acid groups (broad SMARTS) is 1. The lowest BCUT2D eigenvalue weighted by Gasteiger charge is -2.23. The largest absolute Gasteiger partial charge is 0.480 e. The molecule has 6 rings (SSSR count). The van der Waals surface area contributed by atoms with Gasteiger partial charge in [0.05, 0.1) is 12.2 Å². The summed E-state index contributed by atoms with van der Waals surface area (Å²) in [6.45, 7) is 3.63. The van der Waals surface area contributed by atoms with Crippen molar-refractivity contribution in [3.05, 3.63) is 93.2 Å². The monoisotopic (exact) mass is 553 g/mol. The molecule has 9 nitrogen and oxygen atoms in total. The van der Waals surface area contributed by atoms with E-state index in [1.165, 1.54) is 11.3 Å². The minimum atomic E-state index is -0.856. The van der Waals surface area contributed by atoms with Gasteiger partial charge in [0.25, 0.3) is 11.8 Å². The Morgan fingerprint density at radius 3 is 2.62 bits per heavy atom. The molecule has 2 aliphatic rings. The highest BCUT2D eigenvalue weighted by Crippen LogP contribution is 2.40. The molecule has 0 radical (unpaired) electrons. The summed E-state index contributed by atoms with van der Waals surface area (Å²) < 4.78 is 0. The molecule has 4 aromatic rings. The predicted molar refractivity (Wildman–Crippen MR) is 153 cm³/mol. The van der Waals surface area contributed by atoms with E-state index < -0.39 is 5.97 Å². The van der Waals surface area contributed by atoms with Gasteiger partial charge >= 0.3 is 5.97 Å². The first kappa shape index (κ1) is 25.8. The molecule has 2 aliphatic heterocycles.